The van der Waals surface area contributed by atoms with Crippen molar-refractivity contribution >= 4 is 19.8 Å². The molecular formula is C78H146NO8P. The van der Waals surface area contributed by atoms with Gasteiger partial charge in [0.2, 0.25) is 0 Å². The monoisotopic (exact) mass is 1260 g/mol. The van der Waals surface area contributed by atoms with Crippen LogP contribution in [0.25, 0.3) is 0 Å². The average molecular weight is 1260 g/mol. The summed E-state index contributed by atoms with van der Waals surface area (Å²) in [4.78, 5) is 38.1. The zero-order chi connectivity index (χ0) is 64.1. The highest BCUT2D eigenvalue weighted by Crippen LogP contribution is 2.38. The molecule has 516 valence electrons. The molecule has 0 aromatic heterocycles. The second-order valence-corrected chi connectivity index (χ2v) is 28.4. The first-order valence-electron chi connectivity index (χ1n) is 38.0. The second kappa shape index (κ2) is 69.1. The summed E-state index contributed by atoms with van der Waals surface area (Å²) in [5, 5.41) is 0. The van der Waals surface area contributed by atoms with Crippen molar-refractivity contribution < 1.29 is 42.1 Å². The summed E-state index contributed by atoms with van der Waals surface area (Å²) in [6.07, 6.45) is 91.9. The van der Waals surface area contributed by atoms with E-state index in [0.29, 0.717) is 17.4 Å². The lowest BCUT2D eigenvalue weighted by atomic mass is 10.0. The number of allylic oxidation sites excluding steroid dienone is 10. The third kappa shape index (κ3) is 72.8. The van der Waals surface area contributed by atoms with Gasteiger partial charge in [0.1, 0.15) is 19.8 Å². The molecule has 0 heterocycles. The number of esters is 2. The van der Waals surface area contributed by atoms with Gasteiger partial charge in [-0.25, -0.2) is 0 Å². The predicted molar refractivity (Wildman–Crippen MR) is 379 cm³/mol. The Hall–Kier alpha value is -2.29. The molecule has 0 aliphatic carbocycles. The minimum Gasteiger partial charge on any atom is -0.756 e. The van der Waals surface area contributed by atoms with Crippen molar-refractivity contribution in [1.29, 1.82) is 0 Å². The van der Waals surface area contributed by atoms with Gasteiger partial charge in [0.05, 0.1) is 27.7 Å². The zero-order valence-electron chi connectivity index (χ0n) is 58.9. The number of phosphoric acid groups is 1. The number of unbranched alkanes of at least 4 members (excludes halogenated alkanes) is 47. The number of carbonyl (C=O) groups excluding carboxylic acids is 2. The van der Waals surface area contributed by atoms with E-state index in [-0.39, 0.29) is 32.0 Å². The van der Waals surface area contributed by atoms with Crippen molar-refractivity contribution in [2.24, 2.45) is 0 Å². The van der Waals surface area contributed by atoms with E-state index in [1.807, 2.05) is 21.1 Å². The number of hydrogen-bond donors (Lipinski definition) is 0. The Bertz CT molecular complexity index is 1670. The van der Waals surface area contributed by atoms with Gasteiger partial charge in [-0.3, -0.25) is 14.2 Å². The van der Waals surface area contributed by atoms with E-state index >= 15 is 0 Å². The third-order valence-corrected chi connectivity index (χ3v) is 18.0. The summed E-state index contributed by atoms with van der Waals surface area (Å²) in [6, 6.07) is 0. The standard InChI is InChI=1S/C78H146NO8P/c1-6-8-10-12-14-16-18-20-22-24-26-28-30-32-33-34-35-36-37-38-39-40-41-42-43-44-45-47-48-50-52-54-56-58-60-62-64-66-68-70-77(80)84-74-76(75-86-88(82,83)85-73-72-79(3,4)5)87-78(81)71-69-67-65-63-61-59-57-55-53-51-49-46-31-29-27-25-23-21-19-17-15-13-11-9-7-2/h18-21,24-27,31,46,76H,6-17,22-23,28-30,32-45,47-75H2,1-5H3/b20-18-,21-19-,26-24-,27-25-,46-31-. The summed E-state index contributed by atoms with van der Waals surface area (Å²) in [7, 11) is 1.18. The van der Waals surface area contributed by atoms with Gasteiger partial charge in [0.15, 0.2) is 6.10 Å². The largest absolute Gasteiger partial charge is 0.756 e. The maximum absolute atomic E-state index is 12.9. The van der Waals surface area contributed by atoms with Crippen LogP contribution >= 0.6 is 7.82 Å². The van der Waals surface area contributed by atoms with Crippen LogP contribution in [0.3, 0.4) is 0 Å². The van der Waals surface area contributed by atoms with E-state index in [2.05, 4.69) is 74.6 Å². The van der Waals surface area contributed by atoms with E-state index in [1.165, 1.54) is 276 Å². The van der Waals surface area contributed by atoms with E-state index in [4.69, 9.17) is 18.5 Å². The van der Waals surface area contributed by atoms with Gasteiger partial charge < -0.3 is 27.9 Å². The first-order chi connectivity index (χ1) is 43.0. The van der Waals surface area contributed by atoms with E-state index < -0.39 is 26.5 Å². The molecule has 0 N–H and O–H groups in total. The van der Waals surface area contributed by atoms with Crippen LogP contribution in [0, 0.1) is 0 Å². The molecule has 9 nitrogen and oxygen atoms in total. The molecule has 0 amide bonds. The predicted octanol–water partition coefficient (Wildman–Crippen LogP) is 24.3. The SMILES string of the molecule is CCCCCCC/C=C\C/C=C\C/C=C\CCCCCCCCCCCCC(=O)OC(COC(=O)CCCCCCCCCCCCCCCCCCCCCCCCCCCCC/C=C\C/C=C\CCCCCCC)COP(=O)([O-])OCC[N+](C)(C)C. The van der Waals surface area contributed by atoms with Crippen molar-refractivity contribution in [3.8, 4) is 0 Å². The fourth-order valence-electron chi connectivity index (χ4n) is 11.2. The summed E-state index contributed by atoms with van der Waals surface area (Å²) >= 11 is 0. The minimum absolute atomic E-state index is 0.0311. The number of phosphoric ester groups is 1. The molecule has 2 unspecified atom stereocenters. The van der Waals surface area contributed by atoms with Crippen molar-refractivity contribution in [3.63, 3.8) is 0 Å². The Morgan fingerprint density at radius 3 is 0.909 bits per heavy atom. The Morgan fingerprint density at radius 2 is 0.614 bits per heavy atom. The molecule has 2 atom stereocenters. The van der Waals surface area contributed by atoms with Crippen LogP contribution < -0.4 is 4.89 Å². The Balaban J connectivity index is 3.92. The smallest absolute Gasteiger partial charge is 0.306 e. The Morgan fingerprint density at radius 1 is 0.352 bits per heavy atom. The Kier molecular flexibility index (Phi) is 67.3. The maximum atomic E-state index is 12.9. The average Bonchev–Trinajstić information content (AvgIpc) is 3.57. The summed E-state index contributed by atoms with van der Waals surface area (Å²) in [5.74, 6) is -0.821. The van der Waals surface area contributed by atoms with Crippen LogP contribution in [0.5, 0.6) is 0 Å². The van der Waals surface area contributed by atoms with Crippen molar-refractivity contribution in [2.75, 3.05) is 47.5 Å². The van der Waals surface area contributed by atoms with Gasteiger partial charge in [0.25, 0.3) is 7.82 Å². The van der Waals surface area contributed by atoms with Gasteiger partial charge in [0, 0.05) is 12.8 Å². The quantitative estimate of drug-likeness (QED) is 0.0195. The van der Waals surface area contributed by atoms with Crippen molar-refractivity contribution in [2.45, 2.75) is 380 Å². The molecule has 0 saturated carbocycles. The highest BCUT2D eigenvalue weighted by molar-refractivity contribution is 7.45. The highest BCUT2D eigenvalue weighted by atomic mass is 31.2. The first-order valence-corrected chi connectivity index (χ1v) is 39.5. The number of quaternary nitrogens is 1. The molecule has 0 aliphatic rings. The fraction of sp³-hybridized carbons (Fsp3) is 0.846. The summed E-state index contributed by atoms with van der Waals surface area (Å²) in [6.45, 7) is 4.27. The second-order valence-electron chi connectivity index (χ2n) is 27.0. The van der Waals surface area contributed by atoms with Gasteiger partial charge in [-0.15, -0.1) is 0 Å². The van der Waals surface area contributed by atoms with E-state index in [1.54, 1.807) is 0 Å². The lowest BCUT2D eigenvalue weighted by molar-refractivity contribution is -0.870. The zero-order valence-corrected chi connectivity index (χ0v) is 59.8. The number of rotatable bonds is 71. The molecule has 0 aromatic rings. The highest BCUT2D eigenvalue weighted by Gasteiger charge is 2.22. The molecule has 0 saturated heterocycles. The first kappa shape index (κ1) is 85.7. The molecule has 0 spiro atoms. The van der Waals surface area contributed by atoms with Gasteiger partial charge in [-0.2, -0.15) is 0 Å². The van der Waals surface area contributed by atoms with E-state index in [0.717, 1.165) is 64.2 Å². The van der Waals surface area contributed by atoms with Crippen LogP contribution in [-0.4, -0.2) is 70.0 Å². The van der Waals surface area contributed by atoms with Gasteiger partial charge in [-0.05, 0) is 83.5 Å². The topological polar surface area (TPSA) is 111 Å². The molecule has 0 rings (SSSR count). The number of likely N-dealkylation sites (N-methyl/N-ethyl adjacent to an activating group) is 1. The number of carbonyl (C=O) groups is 2. The number of nitrogens with zero attached hydrogens (tertiary/aromatic N) is 1. The number of hydrogen-bond acceptors (Lipinski definition) is 8. The van der Waals surface area contributed by atoms with E-state index in [9.17, 15) is 19.0 Å². The molecule has 0 fully saturated rings. The van der Waals surface area contributed by atoms with Gasteiger partial charge in [-0.1, -0.05) is 338 Å². The fourth-order valence-corrected chi connectivity index (χ4v) is 11.9. The molecule has 10 heteroatoms. The van der Waals surface area contributed by atoms with Crippen LogP contribution in [0.15, 0.2) is 60.8 Å². The van der Waals surface area contributed by atoms with Gasteiger partial charge >= 0.3 is 11.9 Å². The normalized spacial score (nSPS) is 13.4. The molecule has 0 aliphatic heterocycles. The van der Waals surface area contributed by atoms with Crippen LogP contribution in [-0.2, 0) is 32.7 Å². The Labute approximate surface area is 546 Å². The third-order valence-electron chi connectivity index (χ3n) is 17.0. The summed E-state index contributed by atoms with van der Waals surface area (Å²) in [5.41, 5.74) is 0. The molecular weight excluding hydrogens is 1110 g/mol. The minimum atomic E-state index is -4.64. The summed E-state index contributed by atoms with van der Waals surface area (Å²) < 4.78 is 34.4. The molecule has 88 heavy (non-hydrogen) atoms. The maximum Gasteiger partial charge on any atom is 0.306 e. The van der Waals surface area contributed by atoms with Crippen LogP contribution in [0.2, 0.25) is 0 Å². The van der Waals surface area contributed by atoms with Crippen molar-refractivity contribution in [1.82, 2.24) is 0 Å². The van der Waals surface area contributed by atoms with Crippen LogP contribution in [0.1, 0.15) is 373 Å². The molecule has 0 bridgehead atoms. The number of ether oxygens (including phenoxy) is 2. The lowest BCUT2D eigenvalue weighted by Gasteiger charge is -2.28. The van der Waals surface area contributed by atoms with Crippen LogP contribution in [0.4, 0.5) is 0 Å². The molecule has 0 radical (unpaired) electrons. The lowest BCUT2D eigenvalue weighted by Crippen LogP contribution is -2.37. The van der Waals surface area contributed by atoms with Crippen molar-refractivity contribution in [3.05, 3.63) is 60.8 Å². The molecule has 0 aromatic carbocycles.